The number of hydrogen-bond donors (Lipinski definition) is 2. The van der Waals surface area contributed by atoms with Gasteiger partial charge in [-0.2, -0.15) is 0 Å². The fourth-order valence-corrected chi connectivity index (χ4v) is 1.32. The van der Waals surface area contributed by atoms with Crippen LogP contribution in [0.3, 0.4) is 0 Å². The van der Waals surface area contributed by atoms with Crippen LogP contribution in [0, 0.1) is 0 Å². The van der Waals surface area contributed by atoms with Crippen molar-refractivity contribution in [1.29, 1.82) is 0 Å². The molecule has 17 heavy (non-hydrogen) atoms. The highest BCUT2D eigenvalue weighted by Gasteiger charge is 2.10. The lowest BCUT2D eigenvalue weighted by molar-refractivity contribution is 0.0934. The Morgan fingerprint density at radius 1 is 1.35 bits per heavy atom. The van der Waals surface area contributed by atoms with Crippen molar-refractivity contribution in [2.45, 2.75) is 0 Å². The van der Waals surface area contributed by atoms with Crippen LogP contribution in [0.25, 0.3) is 5.69 Å². The van der Waals surface area contributed by atoms with E-state index in [4.69, 9.17) is 5.11 Å². The molecule has 2 aromatic rings. The molecule has 6 heteroatoms. The summed E-state index contributed by atoms with van der Waals surface area (Å²) in [6.07, 6.45) is 1.48. The number of hydrogen-bond acceptors (Lipinski definition) is 4. The molecule has 1 amide bonds. The molecule has 1 heterocycles. The lowest BCUT2D eigenvalue weighted by Crippen LogP contribution is -2.27. The van der Waals surface area contributed by atoms with Gasteiger partial charge in [0.1, 0.15) is 6.33 Å². The Balaban J connectivity index is 2.14. The number of aromatic nitrogens is 3. The highest BCUT2D eigenvalue weighted by molar-refractivity contribution is 5.90. The maximum atomic E-state index is 11.5. The van der Waals surface area contributed by atoms with E-state index < -0.39 is 5.91 Å². The predicted molar refractivity (Wildman–Crippen MR) is 60.8 cm³/mol. The molecular weight excluding hydrogens is 220 g/mol. The van der Waals surface area contributed by atoms with Crippen LogP contribution in [0.15, 0.2) is 36.7 Å². The second kappa shape index (κ2) is 5.22. The Hall–Kier alpha value is -2.21. The van der Waals surface area contributed by atoms with E-state index in [-0.39, 0.29) is 19.0 Å². The summed E-state index contributed by atoms with van der Waals surface area (Å²) in [5.74, 6) is -0.309. The molecular formula is C11H12N4O2. The van der Waals surface area contributed by atoms with Crippen LogP contribution >= 0.6 is 0 Å². The Bertz CT molecular complexity index is 495. The fourth-order valence-electron chi connectivity index (χ4n) is 1.32. The molecule has 0 saturated carbocycles. The van der Waals surface area contributed by atoms with Crippen molar-refractivity contribution in [2.24, 2.45) is 0 Å². The number of benzene rings is 1. The third kappa shape index (κ3) is 2.67. The minimum Gasteiger partial charge on any atom is -0.395 e. The quantitative estimate of drug-likeness (QED) is 0.777. The van der Waals surface area contributed by atoms with Crippen LogP contribution in [0.1, 0.15) is 10.6 Å². The molecule has 0 aliphatic rings. The third-order valence-corrected chi connectivity index (χ3v) is 2.11. The minimum atomic E-state index is -0.395. The number of aliphatic hydroxyl groups excluding tert-OH is 1. The van der Waals surface area contributed by atoms with Crippen molar-refractivity contribution >= 4 is 5.91 Å². The summed E-state index contributed by atoms with van der Waals surface area (Å²) >= 11 is 0. The van der Waals surface area contributed by atoms with Gasteiger partial charge in [0, 0.05) is 6.54 Å². The van der Waals surface area contributed by atoms with Crippen LogP contribution in [0.4, 0.5) is 0 Å². The Labute approximate surface area is 97.9 Å². The molecule has 0 fully saturated rings. The fraction of sp³-hybridized carbons (Fsp3) is 0.182. The van der Waals surface area contributed by atoms with Gasteiger partial charge in [-0.05, 0) is 12.1 Å². The van der Waals surface area contributed by atoms with Crippen molar-refractivity contribution in [3.8, 4) is 5.69 Å². The summed E-state index contributed by atoms with van der Waals surface area (Å²) in [7, 11) is 0. The maximum Gasteiger partial charge on any atom is 0.291 e. The topological polar surface area (TPSA) is 80.0 Å². The standard InChI is InChI=1S/C11H12N4O2/c16-7-6-12-11(17)10-13-8-15(14-10)9-4-2-1-3-5-9/h1-5,8,16H,6-7H2,(H,12,17). The summed E-state index contributed by atoms with van der Waals surface area (Å²) in [6.45, 7) is 0.0871. The van der Waals surface area contributed by atoms with Gasteiger partial charge in [-0.15, -0.1) is 5.10 Å². The molecule has 0 unspecified atom stereocenters. The number of amides is 1. The molecule has 1 aromatic heterocycles. The number of nitrogens with one attached hydrogen (secondary N) is 1. The monoisotopic (exact) mass is 232 g/mol. The van der Waals surface area contributed by atoms with Gasteiger partial charge in [-0.1, -0.05) is 18.2 Å². The largest absolute Gasteiger partial charge is 0.395 e. The average Bonchev–Trinajstić information content (AvgIpc) is 2.86. The van der Waals surface area contributed by atoms with Gasteiger partial charge in [-0.25, -0.2) is 9.67 Å². The third-order valence-electron chi connectivity index (χ3n) is 2.11. The summed E-state index contributed by atoms with van der Waals surface area (Å²) in [6, 6.07) is 9.38. The van der Waals surface area contributed by atoms with Gasteiger partial charge in [0.2, 0.25) is 5.82 Å². The van der Waals surface area contributed by atoms with Crippen molar-refractivity contribution in [3.05, 3.63) is 42.5 Å². The normalized spacial score (nSPS) is 10.2. The van der Waals surface area contributed by atoms with Crippen LogP contribution in [0.5, 0.6) is 0 Å². The number of aliphatic hydroxyl groups is 1. The molecule has 0 saturated heterocycles. The first kappa shape index (κ1) is 11.3. The first-order valence-corrected chi connectivity index (χ1v) is 5.17. The van der Waals surface area contributed by atoms with E-state index in [1.54, 1.807) is 0 Å². The van der Waals surface area contributed by atoms with E-state index in [9.17, 15) is 4.79 Å². The molecule has 2 N–H and O–H groups in total. The van der Waals surface area contributed by atoms with Gasteiger partial charge in [-0.3, -0.25) is 4.79 Å². The first-order chi connectivity index (χ1) is 8.31. The smallest absolute Gasteiger partial charge is 0.291 e. The lowest BCUT2D eigenvalue weighted by Gasteiger charge is -1.99. The number of para-hydroxylation sites is 1. The molecule has 0 aliphatic carbocycles. The highest BCUT2D eigenvalue weighted by atomic mass is 16.3. The SMILES string of the molecule is O=C(NCCO)c1ncn(-c2ccccc2)n1. The molecule has 6 nitrogen and oxygen atoms in total. The molecule has 0 aliphatic heterocycles. The number of carbonyl (C=O) groups is 1. The van der Waals surface area contributed by atoms with Crippen molar-refractivity contribution < 1.29 is 9.90 Å². The zero-order chi connectivity index (χ0) is 12.1. The van der Waals surface area contributed by atoms with E-state index >= 15 is 0 Å². The van der Waals surface area contributed by atoms with E-state index in [1.807, 2.05) is 30.3 Å². The van der Waals surface area contributed by atoms with Gasteiger partial charge >= 0.3 is 0 Å². The summed E-state index contributed by atoms with van der Waals surface area (Å²) in [5.41, 5.74) is 0.834. The van der Waals surface area contributed by atoms with Gasteiger partial charge in [0.15, 0.2) is 0 Å². The van der Waals surface area contributed by atoms with E-state index in [2.05, 4.69) is 15.4 Å². The summed E-state index contributed by atoms with van der Waals surface area (Å²) in [4.78, 5) is 15.4. The van der Waals surface area contributed by atoms with Crippen LogP contribution in [0.2, 0.25) is 0 Å². The molecule has 0 atom stereocenters. The minimum absolute atomic E-state index is 0.0855. The number of carbonyl (C=O) groups excluding carboxylic acids is 1. The summed E-state index contributed by atoms with van der Waals surface area (Å²) in [5, 5.41) is 15.1. The Morgan fingerprint density at radius 2 is 2.12 bits per heavy atom. The highest BCUT2D eigenvalue weighted by Crippen LogP contribution is 2.04. The average molecular weight is 232 g/mol. The predicted octanol–water partition coefficient (Wildman–Crippen LogP) is -0.0106. The maximum absolute atomic E-state index is 11.5. The molecule has 0 bridgehead atoms. The molecule has 0 spiro atoms. The Morgan fingerprint density at radius 3 is 2.82 bits per heavy atom. The van der Waals surface area contributed by atoms with Crippen molar-refractivity contribution in [1.82, 2.24) is 20.1 Å². The van der Waals surface area contributed by atoms with Gasteiger partial charge in [0.05, 0.1) is 12.3 Å². The van der Waals surface area contributed by atoms with Crippen LogP contribution in [-0.4, -0.2) is 38.9 Å². The molecule has 2 rings (SSSR count). The van der Waals surface area contributed by atoms with Crippen LogP contribution in [-0.2, 0) is 0 Å². The van der Waals surface area contributed by atoms with Gasteiger partial charge < -0.3 is 10.4 Å². The second-order valence-electron chi connectivity index (χ2n) is 3.33. The summed E-state index contributed by atoms with van der Waals surface area (Å²) < 4.78 is 1.52. The van der Waals surface area contributed by atoms with Gasteiger partial charge in [0.25, 0.3) is 5.91 Å². The number of nitrogens with zero attached hydrogens (tertiary/aromatic N) is 3. The van der Waals surface area contributed by atoms with E-state index in [1.165, 1.54) is 11.0 Å². The lowest BCUT2D eigenvalue weighted by atomic mass is 10.3. The zero-order valence-corrected chi connectivity index (χ0v) is 9.08. The van der Waals surface area contributed by atoms with E-state index in [0.29, 0.717) is 0 Å². The second-order valence-corrected chi connectivity index (χ2v) is 3.33. The first-order valence-electron chi connectivity index (χ1n) is 5.17. The Kier molecular flexibility index (Phi) is 3.46. The van der Waals surface area contributed by atoms with Crippen molar-refractivity contribution in [3.63, 3.8) is 0 Å². The van der Waals surface area contributed by atoms with Crippen molar-refractivity contribution in [2.75, 3.05) is 13.2 Å². The number of rotatable bonds is 4. The van der Waals surface area contributed by atoms with Crippen LogP contribution < -0.4 is 5.32 Å². The zero-order valence-electron chi connectivity index (χ0n) is 9.08. The molecule has 0 radical (unpaired) electrons. The van der Waals surface area contributed by atoms with E-state index in [0.717, 1.165) is 5.69 Å². The molecule has 1 aromatic carbocycles. The molecule has 88 valence electrons.